The summed E-state index contributed by atoms with van der Waals surface area (Å²) in [6.45, 7) is 6.94. The van der Waals surface area contributed by atoms with Crippen molar-refractivity contribution in [2.45, 2.75) is 82.3 Å². The van der Waals surface area contributed by atoms with E-state index in [2.05, 4.69) is 20.8 Å². The maximum absolute atomic E-state index is 12.1. The van der Waals surface area contributed by atoms with Gasteiger partial charge in [-0.3, -0.25) is 0 Å². The summed E-state index contributed by atoms with van der Waals surface area (Å²) in [5.74, 6) is 1.02. The second kappa shape index (κ2) is 8.99. The van der Waals surface area contributed by atoms with Gasteiger partial charge >= 0.3 is 121 Å². The molecule has 2 atom stereocenters. The third-order valence-electron chi connectivity index (χ3n) is 4.67. The summed E-state index contributed by atoms with van der Waals surface area (Å²) in [7, 11) is -0.416. The summed E-state index contributed by atoms with van der Waals surface area (Å²) < 4.78 is 17.5. The van der Waals surface area contributed by atoms with Crippen LogP contribution in [0.25, 0.3) is 0 Å². The van der Waals surface area contributed by atoms with Crippen molar-refractivity contribution < 1.29 is 4.21 Å². The van der Waals surface area contributed by atoms with E-state index in [-0.39, 0.29) is 0 Å². The van der Waals surface area contributed by atoms with Gasteiger partial charge in [-0.05, 0) is 0 Å². The molecule has 1 saturated heterocycles. The predicted molar refractivity (Wildman–Crippen MR) is 86.3 cm³/mol. The number of unbranched alkanes of at least 4 members (excludes halogenated alkanes) is 3. The SMILES string of the molecule is CCC[CH2][Sn]([CH2]CCC)([CH2]CCC)[C@@H]1CCS1=O. The molecular weight excluding hydrogens is 347 g/mol. The Hall–Kier alpha value is 0.949. The molecule has 0 aromatic rings. The molecule has 0 bridgehead atoms. The van der Waals surface area contributed by atoms with Crippen LogP contribution in [-0.4, -0.2) is 31.6 Å². The minimum absolute atomic E-state index is 0.416. The molecule has 18 heavy (non-hydrogen) atoms. The molecule has 0 radical (unpaired) electrons. The van der Waals surface area contributed by atoms with Crippen molar-refractivity contribution in [1.82, 2.24) is 0 Å². The Morgan fingerprint density at radius 2 is 1.39 bits per heavy atom. The molecule has 108 valence electrons. The van der Waals surface area contributed by atoms with E-state index in [0.29, 0.717) is 0 Å². The molecule has 3 heteroatoms. The Kier molecular flexibility index (Phi) is 8.49. The van der Waals surface area contributed by atoms with E-state index < -0.39 is 29.2 Å². The average molecular weight is 379 g/mol. The molecule has 0 spiro atoms. The summed E-state index contributed by atoms with van der Waals surface area (Å²) in [5, 5.41) is 0. The quantitative estimate of drug-likeness (QED) is 0.494. The van der Waals surface area contributed by atoms with Crippen LogP contribution in [0.1, 0.15) is 65.7 Å². The average Bonchev–Trinajstić information content (AvgIpc) is 2.38. The van der Waals surface area contributed by atoms with Crippen molar-refractivity contribution in [2.75, 3.05) is 5.75 Å². The zero-order chi connectivity index (χ0) is 13.4. The van der Waals surface area contributed by atoms with Crippen molar-refractivity contribution in [3.05, 3.63) is 0 Å². The van der Waals surface area contributed by atoms with Gasteiger partial charge in [-0.1, -0.05) is 0 Å². The third kappa shape index (κ3) is 4.50. The molecule has 0 N–H and O–H groups in total. The van der Waals surface area contributed by atoms with Crippen molar-refractivity contribution in [2.24, 2.45) is 0 Å². The Morgan fingerprint density at radius 3 is 1.61 bits per heavy atom. The van der Waals surface area contributed by atoms with Crippen LogP contribution in [-0.2, 0) is 10.8 Å². The van der Waals surface area contributed by atoms with Gasteiger partial charge < -0.3 is 0 Å². The Labute approximate surface area is 121 Å². The first-order chi connectivity index (χ1) is 8.70. The Morgan fingerprint density at radius 1 is 0.944 bits per heavy atom. The molecular formula is C15H32OSSn. The standard InChI is InChI=1S/3C4H9.C3H5OS.Sn/c3*1-3-4-2;4-5-2-1-3-5;/h3*1,3-4H2,2H3;2H,1,3H2;. The summed E-state index contributed by atoms with van der Waals surface area (Å²) in [5.41, 5.74) is 0. The summed E-state index contributed by atoms with van der Waals surface area (Å²) in [6.07, 6.45) is 9.55. The molecule has 1 heterocycles. The first kappa shape index (κ1) is 17.0. The second-order valence-corrected chi connectivity index (χ2v) is 23.0. The van der Waals surface area contributed by atoms with Gasteiger partial charge in [0.15, 0.2) is 0 Å². The molecule has 1 rings (SSSR count). The van der Waals surface area contributed by atoms with Crippen LogP contribution < -0.4 is 0 Å². The fourth-order valence-corrected chi connectivity index (χ4v) is 29.4. The van der Waals surface area contributed by atoms with Crippen LogP contribution >= 0.6 is 0 Å². The van der Waals surface area contributed by atoms with Crippen LogP contribution in [0.5, 0.6) is 0 Å². The van der Waals surface area contributed by atoms with Crippen LogP contribution in [0.3, 0.4) is 0 Å². The zero-order valence-corrected chi connectivity index (χ0v) is 16.3. The molecule has 1 fully saturated rings. The summed E-state index contributed by atoms with van der Waals surface area (Å²) >= 11 is -2.09. The second-order valence-electron chi connectivity index (χ2n) is 6.04. The van der Waals surface area contributed by atoms with Gasteiger partial charge in [-0.15, -0.1) is 0 Å². The van der Waals surface area contributed by atoms with Crippen LogP contribution in [0.4, 0.5) is 0 Å². The molecule has 0 aromatic heterocycles. The molecule has 0 amide bonds. The van der Waals surface area contributed by atoms with Crippen molar-refractivity contribution in [1.29, 1.82) is 0 Å². The monoisotopic (exact) mass is 380 g/mol. The fraction of sp³-hybridized carbons (Fsp3) is 1.00. The van der Waals surface area contributed by atoms with Gasteiger partial charge in [0.25, 0.3) is 0 Å². The topological polar surface area (TPSA) is 17.1 Å². The van der Waals surface area contributed by atoms with Gasteiger partial charge in [0.2, 0.25) is 0 Å². The van der Waals surface area contributed by atoms with E-state index in [1.165, 1.54) is 58.3 Å². The normalized spacial score (nSPS) is 23.9. The van der Waals surface area contributed by atoms with E-state index in [9.17, 15) is 4.21 Å². The van der Waals surface area contributed by atoms with Crippen LogP contribution in [0.2, 0.25) is 13.3 Å². The molecule has 1 aliphatic rings. The number of hydrogen-bond donors (Lipinski definition) is 0. The van der Waals surface area contributed by atoms with Crippen molar-refractivity contribution in [3.63, 3.8) is 0 Å². The van der Waals surface area contributed by atoms with Crippen LogP contribution in [0.15, 0.2) is 0 Å². The molecule has 1 unspecified atom stereocenters. The van der Waals surface area contributed by atoms with Gasteiger partial charge in [-0.25, -0.2) is 0 Å². The van der Waals surface area contributed by atoms with Gasteiger partial charge in [0, 0.05) is 0 Å². The number of rotatable bonds is 10. The minimum atomic E-state index is -2.09. The van der Waals surface area contributed by atoms with Gasteiger partial charge in [0.1, 0.15) is 0 Å². The van der Waals surface area contributed by atoms with E-state index in [1.54, 1.807) is 0 Å². The first-order valence-corrected chi connectivity index (χ1v) is 17.2. The van der Waals surface area contributed by atoms with Crippen molar-refractivity contribution >= 4 is 29.2 Å². The predicted octanol–water partition coefficient (Wildman–Crippen LogP) is 4.90. The molecule has 0 aromatic carbocycles. The Bertz CT molecular complexity index is 233. The van der Waals surface area contributed by atoms with E-state index in [1.807, 2.05) is 0 Å². The van der Waals surface area contributed by atoms with Gasteiger partial charge in [0.05, 0.1) is 0 Å². The van der Waals surface area contributed by atoms with Crippen molar-refractivity contribution in [3.8, 4) is 0 Å². The Balaban J connectivity index is 2.73. The number of hydrogen-bond acceptors (Lipinski definition) is 1. The van der Waals surface area contributed by atoms with Crippen LogP contribution in [0, 0.1) is 0 Å². The van der Waals surface area contributed by atoms with E-state index in [4.69, 9.17) is 0 Å². The fourth-order valence-electron chi connectivity index (χ4n) is 3.36. The zero-order valence-electron chi connectivity index (χ0n) is 12.7. The third-order valence-corrected chi connectivity index (χ3v) is 28.1. The summed E-state index contributed by atoms with van der Waals surface area (Å²) in [6, 6.07) is 0. The molecule has 1 nitrogen and oxygen atoms in total. The summed E-state index contributed by atoms with van der Waals surface area (Å²) in [4.78, 5) is 0. The maximum atomic E-state index is 12.1. The van der Waals surface area contributed by atoms with E-state index >= 15 is 0 Å². The first-order valence-electron chi connectivity index (χ1n) is 8.07. The van der Waals surface area contributed by atoms with E-state index in [0.717, 1.165) is 9.02 Å². The molecule has 0 aliphatic carbocycles. The molecule has 0 saturated carbocycles. The molecule has 1 aliphatic heterocycles. The van der Waals surface area contributed by atoms with Gasteiger partial charge in [-0.2, -0.15) is 0 Å².